The average molecular weight is 342 g/mol. The molecule has 0 saturated heterocycles. The molecule has 4 heteroatoms. The zero-order valence-electron chi connectivity index (χ0n) is 15.8. The summed E-state index contributed by atoms with van der Waals surface area (Å²) in [5.41, 5.74) is 3.75. The molecule has 0 saturated carbocycles. The number of pyridine rings is 1. The molecular weight excluding hydrogens is 312 g/mol. The van der Waals surface area contributed by atoms with Crippen LogP contribution in [0.5, 0.6) is 5.75 Å². The molecule has 0 amide bonds. The molecule has 0 fully saturated rings. The maximum absolute atomic E-state index is 10.3. The minimum Gasteiger partial charge on any atom is -0.487 e. The fourth-order valence-corrected chi connectivity index (χ4v) is 2.94. The first kappa shape index (κ1) is 19.4. The third-order valence-corrected chi connectivity index (χ3v) is 4.71. The lowest BCUT2D eigenvalue weighted by Gasteiger charge is -2.25. The second-order valence-electron chi connectivity index (χ2n) is 6.70. The van der Waals surface area contributed by atoms with E-state index in [1.54, 1.807) is 6.20 Å². The standard InChI is InChI=1S/C21H30N2O2/c1-5-21(24,6-2)15-22-13-18-11-16(3)20(17(4)12-18)25-14-19-9-7-8-10-23-19/h7-12,22,24H,5-6,13-15H2,1-4H3. The van der Waals surface area contributed by atoms with Crippen LogP contribution in [0, 0.1) is 13.8 Å². The molecule has 1 heterocycles. The summed E-state index contributed by atoms with van der Waals surface area (Å²) in [7, 11) is 0. The first-order chi connectivity index (χ1) is 12.0. The van der Waals surface area contributed by atoms with E-state index in [2.05, 4.69) is 36.3 Å². The summed E-state index contributed by atoms with van der Waals surface area (Å²) in [5.74, 6) is 0.924. The lowest BCUT2D eigenvalue weighted by Crippen LogP contribution is -2.39. The quantitative estimate of drug-likeness (QED) is 0.725. The van der Waals surface area contributed by atoms with Crippen LogP contribution in [-0.2, 0) is 13.2 Å². The number of hydrogen-bond donors (Lipinski definition) is 2. The van der Waals surface area contributed by atoms with Crippen LogP contribution in [-0.4, -0.2) is 22.2 Å². The topological polar surface area (TPSA) is 54.4 Å². The summed E-state index contributed by atoms with van der Waals surface area (Å²) in [6.45, 7) is 10.00. The van der Waals surface area contributed by atoms with Gasteiger partial charge in [-0.3, -0.25) is 4.98 Å². The lowest BCUT2D eigenvalue weighted by atomic mass is 9.97. The van der Waals surface area contributed by atoms with Gasteiger partial charge in [0.15, 0.2) is 0 Å². The molecule has 0 bridgehead atoms. The highest BCUT2D eigenvalue weighted by molar-refractivity contribution is 5.43. The maximum atomic E-state index is 10.3. The molecule has 0 aliphatic rings. The Bertz CT molecular complexity index is 644. The molecule has 2 rings (SSSR count). The van der Waals surface area contributed by atoms with Crippen molar-refractivity contribution in [2.24, 2.45) is 0 Å². The van der Waals surface area contributed by atoms with Crippen molar-refractivity contribution in [1.29, 1.82) is 0 Å². The fraction of sp³-hybridized carbons (Fsp3) is 0.476. The summed E-state index contributed by atoms with van der Waals surface area (Å²) >= 11 is 0. The molecule has 0 aliphatic heterocycles. The molecule has 136 valence electrons. The van der Waals surface area contributed by atoms with Gasteiger partial charge in [-0.25, -0.2) is 0 Å². The van der Waals surface area contributed by atoms with Crippen molar-refractivity contribution in [3.63, 3.8) is 0 Å². The largest absolute Gasteiger partial charge is 0.487 e. The summed E-state index contributed by atoms with van der Waals surface area (Å²) in [6.07, 6.45) is 3.30. The van der Waals surface area contributed by atoms with E-state index in [-0.39, 0.29) is 0 Å². The van der Waals surface area contributed by atoms with E-state index in [0.29, 0.717) is 13.2 Å². The van der Waals surface area contributed by atoms with Crippen LogP contribution in [0.25, 0.3) is 0 Å². The van der Waals surface area contributed by atoms with Crippen LogP contribution in [0.2, 0.25) is 0 Å². The second-order valence-corrected chi connectivity index (χ2v) is 6.70. The summed E-state index contributed by atoms with van der Waals surface area (Å²) in [5, 5.41) is 13.7. The fourth-order valence-electron chi connectivity index (χ4n) is 2.94. The number of hydrogen-bond acceptors (Lipinski definition) is 4. The molecular formula is C21H30N2O2. The Kier molecular flexibility index (Phi) is 6.97. The monoisotopic (exact) mass is 342 g/mol. The van der Waals surface area contributed by atoms with Crippen LogP contribution < -0.4 is 10.1 Å². The van der Waals surface area contributed by atoms with E-state index in [1.165, 1.54) is 5.56 Å². The van der Waals surface area contributed by atoms with Gasteiger partial charge < -0.3 is 15.2 Å². The predicted octanol–water partition coefficient (Wildman–Crippen LogP) is 3.92. The highest BCUT2D eigenvalue weighted by Gasteiger charge is 2.21. The van der Waals surface area contributed by atoms with Crippen molar-refractivity contribution in [2.45, 2.75) is 59.3 Å². The number of aliphatic hydroxyl groups is 1. The predicted molar refractivity (Wildman–Crippen MR) is 102 cm³/mol. The molecule has 0 atom stereocenters. The van der Waals surface area contributed by atoms with E-state index < -0.39 is 5.60 Å². The second kappa shape index (κ2) is 8.97. The number of aryl methyl sites for hydroxylation is 2. The number of ether oxygens (including phenoxy) is 1. The molecule has 2 N–H and O–H groups in total. The number of aromatic nitrogens is 1. The Hall–Kier alpha value is -1.91. The number of nitrogens with one attached hydrogen (secondary N) is 1. The van der Waals surface area contributed by atoms with Crippen molar-refractivity contribution >= 4 is 0 Å². The molecule has 0 spiro atoms. The SMILES string of the molecule is CCC(O)(CC)CNCc1cc(C)c(OCc2ccccn2)c(C)c1. The maximum Gasteiger partial charge on any atom is 0.130 e. The minimum absolute atomic E-state index is 0.472. The van der Waals surface area contributed by atoms with E-state index in [0.717, 1.165) is 42.0 Å². The van der Waals surface area contributed by atoms with Gasteiger partial charge in [-0.15, -0.1) is 0 Å². The van der Waals surface area contributed by atoms with E-state index in [4.69, 9.17) is 4.74 Å². The van der Waals surface area contributed by atoms with Crippen molar-refractivity contribution < 1.29 is 9.84 Å². The van der Waals surface area contributed by atoms with Crippen LogP contribution in [0.15, 0.2) is 36.5 Å². The zero-order valence-corrected chi connectivity index (χ0v) is 15.8. The highest BCUT2D eigenvalue weighted by atomic mass is 16.5. The number of nitrogens with zero attached hydrogens (tertiary/aromatic N) is 1. The minimum atomic E-state index is -0.615. The van der Waals surface area contributed by atoms with Gasteiger partial charge in [0, 0.05) is 19.3 Å². The molecule has 25 heavy (non-hydrogen) atoms. The van der Waals surface area contributed by atoms with Gasteiger partial charge in [0.1, 0.15) is 12.4 Å². The Morgan fingerprint density at radius 3 is 2.36 bits per heavy atom. The summed E-state index contributed by atoms with van der Waals surface area (Å²) in [6, 6.07) is 10.1. The average Bonchev–Trinajstić information content (AvgIpc) is 2.61. The summed E-state index contributed by atoms with van der Waals surface area (Å²) in [4.78, 5) is 4.29. The molecule has 0 unspecified atom stereocenters. The van der Waals surface area contributed by atoms with Crippen LogP contribution in [0.4, 0.5) is 0 Å². The zero-order chi connectivity index (χ0) is 18.3. The van der Waals surface area contributed by atoms with E-state index in [9.17, 15) is 5.11 Å². The number of benzene rings is 1. The van der Waals surface area contributed by atoms with E-state index >= 15 is 0 Å². The van der Waals surface area contributed by atoms with Crippen LogP contribution in [0.3, 0.4) is 0 Å². The van der Waals surface area contributed by atoms with Gasteiger partial charge in [0.05, 0.1) is 11.3 Å². The smallest absolute Gasteiger partial charge is 0.130 e. The van der Waals surface area contributed by atoms with Gasteiger partial charge >= 0.3 is 0 Å². The number of rotatable bonds is 9. The first-order valence-corrected chi connectivity index (χ1v) is 9.03. The normalized spacial score (nSPS) is 11.6. The van der Waals surface area contributed by atoms with Gasteiger partial charge in [-0.2, -0.15) is 0 Å². The molecule has 2 aromatic rings. The van der Waals surface area contributed by atoms with Crippen LogP contribution in [0.1, 0.15) is 49.1 Å². The molecule has 0 aliphatic carbocycles. The Morgan fingerprint density at radius 2 is 1.80 bits per heavy atom. The summed E-state index contributed by atoms with van der Waals surface area (Å²) < 4.78 is 5.98. The van der Waals surface area contributed by atoms with E-state index in [1.807, 2.05) is 32.0 Å². The Balaban J connectivity index is 1.97. The Labute approximate surface area is 151 Å². The molecule has 1 aromatic carbocycles. The Morgan fingerprint density at radius 1 is 1.12 bits per heavy atom. The highest BCUT2D eigenvalue weighted by Crippen LogP contribution is 2.25. The lowest BCUT2D eigenvalue weighted by molar-refractivity contribution is 0.0323. The van der Waals surface area contributed by atoms with Gasteiger partial charge in [0.25, 0.3) is 0 Å². The molecule has 0 radical (unpaired) electrons. The van der Waals surface area contributed by atoms with Gasteiger partial charge in [-0.05, 0) is 55.5 Å². The van der Waals surface area contributed by atoms with Crippen molar-refractivity contribution in [3.05, 3.63) is 58.9 Å². The van der Waals surface area contributed by atoms with Crippen LogP contribution >= 0.6 is 0 Å². The van der Waals surface area contributed by atoms with Gasteiger partial charge in [0.2, 0.25) is 0 Å². The van der Waals surface area contributed by atoms with Crippen molar-refractivity contribution in [3.8, 4) is 5.75 Å². The van der Waals surface area contributed by atoms with Crippen molar-refractivity contribution in [2.75, 3.05) is 6.54 Å². The molecule has 4 nitrogen and oxygen atoms in total. The van der Waals surface area contributed by atoms with Crippen molar-refractivity contribution in [1.82, 2.24) is 10.3 Å². The van der Waals surface area contributed by atoms with Gasteiger partial charge in [-0.1, -0.05) is 32.0 Å². The third kappa shape index (κ3) is 5.55. The molecule has 1 aromatic heterocycles. The first-order valence-electron chi connectivity index (χ1n) is 9.03. The third-order valence-electron chi connectivity index (χ3n) is 4.71.